The van der Waals surface area contributed by atoms with Gasteiger partial charge in [-0.2, -0.15) is 0 Å². The Morgan fingerprint density at radius 2 is 1.00 bits per heavy atom. The van der Waals surface area contributed by atoms with Gasteiger partial charge in [-0.15, -0.1) is 0 Å². The molecule has 0 aliphatic carbocycles. The van der Waals surface area contributed by atoms with Crippen molar-refractivity contribution in [1.29, 1.82) is 0 Å². The molecule has 8 aromatic rings. The van der Waals surface area contributed by atoms with E-state index in [-0.39, 0.29) is 0 Å². The van der Waals surface area contributed by atoms with E-state index in [1.165, 1.54) is 5.39 Å². The van der Waals surface area contributed by atoms with Crippen molar-refractivity contribution >= 4 is 21.7 Å². The van der Waals surface area contributed by atoms with Crippen LogP contribution in [0.3, 0.4) is 0 Å². The quantitative estimate of drug-likeness (QED) is 0.209. The highest BCUT2D eigenvalue weighted by atomic mass is 14.9. The second kappa shape index (κ2) is 11.0. The average molecular weight is 563 g/mol. The number of nitrogens with zero attached hydrogens (tertiary/aromatic N) is 4. The molecule has 0 spiro atoms. The molecule has 8 rings (SSSR count). The predicted octanol–water partition coefficient (Wildman–Crippen LogP) is 9.91. The van der Waals surface area contributed by atoms with Gasteiger partial charge >= 0.3 is 0 Å². The molecule has 0 fully saturated rings. The van der Waals surface area contributed by atoms with Crippen LogP contribution < -0.4 is 0 Å². The number of para-hydroxylation sites is 1. The summed E-state index contributed by atoms with van der Waals surface area (Å²) in [5.74, 6) is 0.690. The van der Waals surface area contributed by atoms with Crippen LogP contribution in [-0.4, -0.2) is 19.9 Å². The molecule has 0 bridgehead atoms. The maximum Gasteiger partial charge on any atom is 0.160 e. The number of benzene rings is 5. The monoisotopic (exact) mass is 562 g/mol. The minimum absolute atomic E-state index is 0.690. The lowest BCUT2D eigenvalue weighted by Gasteiger charge is -2.11. The molecule has 4 heteroatoms. The first kappa shape index (κ1) is 25.7. The van der Waals surface area contributed by atoms with E-state index >= 15 is 0 Å². The zero-order valence-corrected chi connectivity index (χ0v) is 23.8. The lowest BCUT2D eigenvalue weighted by molar-refractivity contribution is 1.18. The Hall–Kier alpha value is -6.00. The lowest BCUT2D eigenvalue weighted by atomic mass is 9.98. The van der Waals surface area contributed by atoms with E-state index < -0.39 is 0 Å². The number of fused-ring (bicyclic) bond motifs is 2. The summed E-state index contributed by atoms with van der Waals surface area (Å²) in [6.45, 7) is 0. The molecule has 0 aliphatic heterocycles. The van der Waals surface area contributed by atoms with Crippen LogP contribution in [0.1, 0.15) is 0 Å². The Morgan fingerprint density at radius 1 is 0.409 bits per heavy atom. The van der Waals surface area contributed by atoms with Crippen molar-refractivity contribution < 1.29 is 0 Å². The van der Waals surface area contributed by atoms with Crippen LogP contribution in [0, 0.1) is 0 Å². The average Bonchev–Trinajstić information content (AvgIpc) is 3.11. The van der Waals surface area contributed by atoms with Gasteiger partial charge in [0.2, 0.25) is 0 Å². The molecule has 0 unspecified atom stereocenters. The Kier molecular flexibility index (Phi) is 6.43. The van der Waals surface area contributed by atoms with Gasteiger partial charge in [-0.25, -0.2) is 9.97 Å². The Morgan fingerprint density at radius 3 is 1.77 bits per heavy atom. The first-order valence-corrected chi connectivity index (χ1v) is 14.6. The number of pyridine rings is 2. The first-order valence-electron chi connectivity index (χ1n) is 14.6. The van der Waals surface area contributed by atoms with Gasteiger partial charge in [0.05, 0.1) is 16.9 Å². The summed E-state index contributed by atoms with van der Waals surface area (Å²) < 4.78 is 0. The molecule has 3 aromatic heterocycles. The molecule has 4 nitrogen and oxygen atoms in total. The second-order valence-electron chi connectivity index (χ2n) is 10.8. The minimum Gasteiger partial charge on any atom is -0.263 e. The maximum atomic E-state index is 5.07. The summed E-state index contributed by atoms with van der Waals surface area (Å²) in [6.07, 6.45) is 5.71. The van der Waals surface area contributed by atoms with E-state index in [1.54, 1.807) is 0 Å². The predicted molar refractivity (Wildman–Crippen MR) is 180 cm³/mol. The van der Waals surface area contributed by atoms with Crippen molar-refractivity contribution in [2.75, 3.05) is 0 Å². The number of aromatic nitrogens is 4. The molecule has 0 saturated heterocycles. The molecule has 0 saturated carbocycles. The standard InChI is InChI=1S/C40H26N4/c1-2-8-29(9-3-1)38-24-39(30-18-14-28(15-19-30)36-26-41-25-32-10-4-5-11-33(32)36)44-40(43-38)31-20-16-27(17-21-31)34-22-23-42-37-13-7-6-12-35(34)37/h1-26H. The molecule has 5 aromatic carbocycles. The van der Waals surface area contributed by atoms with E-state index in [9.17, 15) is 0 Å². The van der Waals surface area contributed by atoms with E-state index in [0.717, 1.165) is 66.6 Å². The van der Waals surface area contributed by atoms with Crippen LogP contribution in [0.25, 0.3) is 77.8 Å². The van der Waals surface area contributed by atoms with Gasteiger partial charge in [0.15, 0.2) is 5.82 Å². The van der Waals surface area contributed by atoms with Crippen LogP contribution in [0.4, 0.5) is 0 Å². The number of rotatable bonds is 5. The summed E-state index contributed by atoms with van der Waals surface area (Å²) in [6, 6.07) is 48.1. The summed E-state index contributed by atoms with van der Waals surface area (Å²) >= 11 is 0. The van der Waals surface area contributed by atoms with Crippen LogP contribution in [0.5, 0.6) is 0 Å². The van der Waals surface area contributed by atoms with Gasteiger partial charge in [-0.3, -0.25) is 9.97 Å². The van der Waals surface area contributed by atoms with Gasteiger partial charge in [0.1, 0.15) is 0 Å². The third kappa shape index (κ3) is 4.79. The van der Waals surface area contributed by atoms with Crippen molar-refractivity contribution in [1.82, 2.24) is 19.9 Å². The topological polar surface area (TPSA) is 51.6 Å². The highest BCUT2D eigenvalue weighted by molar-refractivity contribution is 5.96. The summed E-state index contributed by atoms with van der Waals surface area (Å²) in [7, 11) is 0. The summed E-state index contributed by atoms with van der Waals surface area (Å²) in [4.78, 5) is 19.1. The molecule has 3 heterocycles. The highest BCUT2D eigenvalue weighted by Gasteiger charge is 2.13. The highest BCUT2D eigenvalue weighted by Crippen LogP contribution is 2.33. The molecule has 0 aliphatic rings. The van der Waals surface area contributed by atoms with Gasteiger partial charge in [-0.1, -0.05) is 121 Å². The van der Waals surface area contributed by atoms with Gasteiger partial charge in [0.25, 0.3) is 0 Å². The fraction of sp³-hybridized carbons (Fsp3) is 0. The Labute approximate surface area is 255 Å². The van der Waals surface area contributed by atoms with Crippen molar-refractivity contribution in [3.63, 3.8) is 0 Å². The van der Waals surface area contributed by atoms with Crippen molar-refractivity contribution in [2.24, 2.45) is 0 Å². The van der Waals surface area contributed by atoms with Crippen LogP contribution >= 0.6 is 0 Å². The second-order valence-corrected chi connectivity index (χ2v) is 10.8. The number of hydrogen-bond donors (Lipinski definition) is 0. The summed E-state index contributed by atoms with van der Waals surface area (Å²) in [5.41, 5.74) is 10.3. The fourth-order valence-electron chi connectivity index (χ4n) is 5.79. The SMILES string of the molecule is c1ccc(-c2cc(-c3ccc(-c4cncc5ccccc45)cc3)nc(-c3ccc(-c4ccnc5ccccc45)cc3)n2)cc1. The van der Waals surface area contributed by atoms with Crippen LogP contribution in [0.2, 0.25) is 0 Å². The van der Waals surface area contributed by atoms with Crippen molar-refractivity contribution in [3.8, 4) is 56.2 Å². The summed E-state index contributed by atoms with van der Waals surface area (Å²) in [5, 5.41) is 3.45. The largest absolute Gasteiger partial charge is 0.263 e. The molecular formula is C40H26N4. The number of hydrogen-bond acceptors (Lipinski definition) is 4. The zero-order valence-electron chi connectivity index (χ0n) is 23.8. The third-order valence-corrected chi connectivity index (χ3v) is 8.06. The van der Waals surface area contributed by atoms with E-state index in [0.29, 0.717) is 5.82 Å². The first-order chi connectivity index (χ1) is 21.8. The normalized spacial score (nSPS) is 11.2. The van der Waals surface area contributed by atoms with E-state index in [2.05, 4.69) is 113 Å². The smallest absolute Gasteiger partial charge is 0.160 e. The van der Waals surface area contributed by atoms with Crippen LogP contribution in [-0.2, 0) is 0 Å². The lowest BCUT2D eigenvalue weighted by Crippen LogP contribution is -1.96. The zero-order chi connectivity index (χ0) is 29.3. The molecular weight excluding hydrogens is 536 g/mol. The molecule has 0 amide bonds. The Bertz CT molecular complexity index is 2110. The van der Waals surface area contributed by atoms with E-state index in [1.807, 2.05) is 55.0 Å². The van der Waals surface area contributed by atoms with Crippen LogP contribution in [0.15, 0.2) is 158 Å². The fourth-order valence-corrected chi connectivity index (χ4v) is 5.79. The molecule has 44 heavy (non-hydrogen) atoms. The van der Waals surface area contributed by atoms with Crippen molar-refractivity contribution in [2.45, 2.75) is 0 Å². The minimum atomic E-state index is 0.690. The molecule has 0 N–H and O–H groups in total. The van der Waals surface area contributed by atoms with Gasteiger partial charge in [0, 0.05) is 51.6 Å². The van der Waals surface area contributed by atoms with E-state index in [4.69, 9.17) is 9.97 Å². The van der Waals surface area contributed by atoms with Crippen molar-refractivity contribution in [3.05, 3.63) is 158 Å². The van der Waals surface area contributed by atoms with Gasteiger partial charge in [-0.05, 0) is 40.3 Å². The molecule has 0 atom stereocenters. The Balaban J connectivity index is 1.19. The maximum absolute atomic E-state index is 5.07. The van der Waals surface area contributed by atoms with Gasteiger partial charge < -0.3 is 0 Å². The third-order valence-electron chi connectivity index (χ3n) is 8.06. The molecule has 206 valence electrons. The molecule has 0 radical (unpaired) electrons.